The minimum atomic E-state index is -0.351. The van der Waals surface area contributed by atoms with E-state index in [0.717, 1.165) is 18.7 Å². The van der Waals surface area contributed by atoms with Crippen LogP contribution in [0.25, 0.3) is 0 Å². The van der Waals surface area contributed by atoms with Crippen molar-refractivity contribution in [3.05, 3.63) is 63.8 Å². The predicted octanol–water partition coefficient (Wildman–Crippen LogP) is 1.36. The summed E-state index contributed by atoms with van der Waals surface area (Å²) < 4.78 is 13.7. The lowest BCUT2D eigenvalue weighted by atomic mass is 9.89. The number of H-pyrrole nitrogens is 1. The number of aromatic amines is 1. The van der Waals surface area contributed by atoms with E-state index >= 15 is 0 Å². The first-order chi connectivity index (χ1) is 11.6. The summed E-state index contributed by atoms with van der Waals surface area (Å²) in [7, 11) is 0. The normalized spacial score (nSPS) is 24.7. The van der Waals surface area contributed by atoms with Gasteiger partial charge >= 0.3 is 0 Å². The molecule has 6 nitrogen and oxygen atoms in total. The van der Waals surface area contributed by atoms with E-state index in [1.165, 1.54) is 24.3 Å². The van der Waals surface area contributed by atoms with Crippen LogP contribution in [0.4, 0.5) is 4.39 Å². The van der Waals surface area contributed by atoms with Crippen LogP contribution in [0.2, 0.25) is 0 Å². The van der Waals surface area contributed by atoms with Gasteiger partial charge in [-0.3, -0.25) is 9.59 Å². The molecule has 2 fully saturated rings. The van der Waals surface area contributed by atoms with Crippen LogP contribution >= 0.6 is 12.4 Å². The minimum absolute atomic E-state index is 0. The van der Waals surface area contributed by atoms with Crippen LogP contribution in [-0.4, -0.2) is 40.6 Å². The summed E-state index contributed by atoms with van der Waals surface area (Å²) in [6.45, 7) is 2.24. The Balaban J connectivity index is 0.00000182. The SMILES string of the molecule is Cl.O=C(c1ccc(=O)[nH]n1)N1C[C@@H]2CNC[C@@H]2[C@H]1c1cccc(F)c1. The highest BCUT2D eigenvalue weighted by Crippen LogP contribution is 2.43. The van der Waals surface area contributed by atoms with Crippen LogP contribution in [0, 0.1) is 17.7 Å². The van der Waals surface area contributed by atoms with Crippen molar-refractivity contribution in [1.82, 2.24) is 20.4 Å². The van der Waals surface area contributed by atoms with Crippen LogP contribution in [0.3, 0.4) is 0 Å². The number of carbonyl (C=O) groups is 1. The number of carbonyl (C=O) groups excluding carboxylic acids is 1. The van der Waals surface area contributed by atoms with Gasteiger partial charge in [0.05, 0.1) is 6.04 Å². The first-order valence-electron chi connectivity index (χ1n) is 7.96. The minimum Gasteiger partial charge on any atom is -0.330 e. The fraction of sp³-hybridized carbons (Fsp3) is 0.353. The molecule has 0 radical (unpaired) electrons. The number of fused-ring (bicyclic) bond motifs is 1. The number of hydrogen-bond donors (Lipinski definition) is 2. The molecule has 4 rings (SSSR count). The Morgan fingerprint density at radius 2 is 2.08 bits per heavy atom. The van der Waals surface area contributed by atoms with Crippen molar-refractivity contribution < 1.29 is 9.18 Å². The van der Waals surface area contributed by atoms with E-state index in [1.54, 1.807) is 11.0 Å². The summed E-state index contributed by atoms with van der Waals surface area (Å²) in [6, 6.07) is 8.94. The number of benzene rings is 1. The molecule has 2 aromatic rings. The molecule has 0 saturated carbocycles. The molecule has 8 heteroatoms. The van der Waals surface area contributed by atoms with Crippen molar-refractivity contribution in [3.63, 3.8) is 0 Å². The highest BCUT2D eigenvalue weighted by Gasteiger charge is 2.47. The topological polar surface area (TPSA) is 78.1 Å². The van der Waals surface area contributed by atoms with Crippen molar-refractivity contribution in [2.45, 2.75) is 6.04 Å². The van der Waals surface area contributed by atoms with Crippen LogP contribution in [0.15, 0.2) is 41.2 Å². The van der Waals surface area contributed by atoms with Gasteiger partial charge in [0, 0.05) is 31.6 Å². The second-order valence-electron chi connectivity index (χ2n) is 6.35. The summed E-state index contributed by atoms with van der Waals surface area (Å²) in [5, 5.41) is 9.49. The van der Waals surface area contributed by atoms with Gasteiger partial charge in [-0.2, -0.15) is 5.10 Å². The second-order valence-corrected chi connectivity index (χ2v) is 6.35. The molecule has 0 aliphatic carbocycles. The number of nitrogens with one attached hydrogen (secondary N) is 2. The molecule has 2 N–H and O–H groups in total. The van der Waals surface area contributed by atoms with Gasteiger partial charge in [-0.25, -0.2) is 9.49 Å². The first-order valence-corrected chi connectivity index (χ1v) is 7.96. The Bertz CT molecular complexity index is 823. The summed E-state index contributed by atoms with van der Waals surface area (Å²) in [5.74, 6) is 0.0369. The third-order valence-corrected chi connectivity index (χ3v) is 4.91. The highest BCUT2D eigenvalue weighted by atomic mass is 35.5. The number of likely N-dealkylation sites (tertiary alicyclic amines) is 1. The summed E-state index contributed by atoms with van der Waals surface area (Å²) in [6.07, 6.45) is 0. The van der Waals surface area contributed by atoms with E-state index in [9.17, 15) is 14.0 Å². The number of amides is 1. The number of halogens is 2. The lowest BCUT2D eigenvalue weighted by molar-refractivity contribution is 0.0706. The van der Waals surface area contributed by atoms with E-state index in [-0.39, 0.29) is 47.3 Å². The van der Waals surface area contributed by atoms with E-state index in [4.69, 9.17) is 0 Å². The molecule has 1 amide bonds. The van der Waals surface area contributed by atoms with Gasteiger partial charge in [-0.1, -0.05) is 12.1 Å². The summed E-state index contributed by atoms with van der Waals surface area (Å²) in [4.78, 5) is 25.8. The Morgan fingerprint density at radius 1 is 1.24 bits per heavy atom. The zero-order chi connectivity index (χ0) is 16.7. The highest BCUT2D eigenvalue weighted by molar-refractivity contribution is 5.92. The molecular weight excluding hydrogens is 347 g/mol. The van der Waals surface area contributed by atoms with Gasteiger partial charge < -0.3 is 10.2 Å². The van der Waals surface area contributed by atoms with Gasteiger partial charge in [0.1, 0.15) is 11.5 Å². The van der Waals surface area contributed by atoms with Crippen molar-refractivity contribution in [1.29, 1.82) is 0 Å². The predicted molar refractivity (Wildman–Crippen MR) is 92.1 cm³/mol. The molecule has 1 aromatic heterocycles. The molecule has 0 bridgehead atoms. The van der Waals surface area contributed by atoms with Gasteiger partial charge in [0.15, 0.2) is 0 Å². The van der Waals surface area contributed by atoms with Crippen LogP contribution in [0.5, 0.6) is 0 Å². The molecule has 2 saturated heterocycles. The van der Waals surface area contributed by atoms with Crippen molar-refractivity contribution in [3.8, 4) is 0 Å². The molecular formula is C17H18ClFN4O2. The molecule has 0 unspecified atom stereocenters. The quantitative estimate of drug-likeness (QED) is 0.843. The van der Waals surface area contributed by atoms with Gasteiger partial charge in [-0.15, -0.1) is 12.4 Å². The smallest absolute Gasteiger partial charge is 0.274 e. The lowest BCUT2D eigenvalue weighted by Gasteiger charge is -2.28. The molecule has 2 aliphatic rings. The molecule has 3 atom stereocenters. The van der Waals surface area contributed by atoms with E-state index in [0.29, 0.717) is 12.5 Å². The number of aromatic nitrogens is 2. The van der Waals surface area contributed by atoms with Gasteiger partial charge in [0.25, 0.3) is 11.5 Å². The van der Waals surface area contributed by atoms with E-state index in [2.05, 4.69) is 15.5 Å². The van der Waals surface area contributed by atoms with Gasteiger partial charge in [0.2, 0.25) is 0 Å². The maximum atomic E-state index is 13.7. The Morgan fingerprint density at radius 3 is 2.80 bits per heavy atom. The molecule has 0 spiro atoms. The zero-order valence-corrected chi connectivity index (χ0v) is 14.1. The maximum Gasteiger partial charge on any atom is 0.274 e. The Labute approximate surface area is 149 Å². The van der Waals surface area contributed by atoms with Crippen LogP contribution in [0.1, 0.15) is 22.1 Å². The maximum absolute atomic E-state index is 13.7. The van der Waals surface area contributed by atoms with Crippen molar-refractivity contribution >= 4 is 18.3 Å². The standard InChI is InChI=1S/C17H17FN4O2.ClH/c18-12-3-1-2-10(6-12)16-13-8-19-7-11(13)9-22(16)17(24)14-4-5-15(23)21-20-14;/h1-6,11,13,16,19H,7-9H2,(H,21,23);1H/t11-,13-,16+;/m0./s1. The van der Waals surface area contributed by atoms with Crippen molar-refractivity contribution in [2.75, 3.05) is 19.6 Å². The molecule has 2 aliphatic heterocycles. The zero-order valence-electron chi connectivity index (χ0n) is 13.3. The molecule has 1 aromatic carbocycles. The van der Waals surface area contributed by atoms with Crippen LogP contribution < -0.4 is 10.9 Å². The summed E-state index contributed by atoms with van der Waals surface area (Å²) >= 11 is 0. The van der Waals surface area contributed by atoms with E-state index < -0.39 is 0 Å². The fourth-order valence-corrected chi connectivity index (χ4v) is 3.86. The number of hydrogen-bond acceptors (Lipinski definition) is 4. The fourth-order valence-electron chi connectivity index (χ4n) is 3.86. The molecule has 25 heavy (non-hydrogen) atoms. The Kier molecular flexibility index (Phi) is 4.87. The van der Waals surface area contributed by atoms with E-state index in [1.807, 2.05) is 6.07 Å². The lowest BCUT2D eigenvalue weighted by Crippen LogP contribution is -2.35. The molecule has 3 heterocycles. The first kappa shape index (κ1) is 17.6. The monoisotopic (exact) mass is 364 g/mol. The number of rotatable bonds is 2. The third kappa shape index (κ3) is 3.17. The summed E-state index contributed by atoms with van der Waals surface area (Å²) in [5.41, 5.74) is 0.642. The second kappa shape index (κ2) is 6.93. The third-order valence-electron chi connectivity index (χ3n) is 4.91. The van der Waals surface area contributed by atoms with Crippen LogP contribution in [-0.2, 0) is 0 Å². The average Bonchev–Trinajstić information content (AvgIpc) is 3.15. The van der Waals surface area contributed by atoms with Crippen molar-refractivity contribution in [2.24, 2.45) is 11.8 Å². The van der Waals surface area contributed by atoms with Gasteiger partial charge in [-0.05, 0) is 29.7 Å². The molecule has 132 valence electrons. The number of nitrogens with zero attached hydrogens (tertiary/aromatic N) is 2. The Hall–Kier alpha value is -2.25. The largest absolute Gasteiger partial charge is 0.330 e. The average molecular weight is 365 g/mol.